The molecule has 20 heavy (non-hydrogen) atoms. The Balaban J connectivity index is 2.24. The van der Waals surface area contributed by atoms with Crippen LogP contribution in [0.4, 0.5) is 0 Å². The second-order valence-electron chi connectivity index (χ2n) is 7.54. The molecule has 0 radical (unpaired) electrons. The Morgan fingerprint density at radius 2 is 1.70 bits per heavy atom. The smallest absolute Gasteiger partial charge is 0.220 e. The highest BCUT2D eigenvalue weighted by Gasteiger charge is 2.25. The van der Waals surface area contributed by atoms with Crippen molar-refractivity contribution in [2.24, 2.45) is 11.3 Å². The Kier molecular flexibility index (Phi) is 7.01. The molecule has 0 aromatic carbocycles. The van der Waals surface area contributed by atoms with Crippen LogP contribution >= 0.6 is 0 Å². The molecule has 0 saturated heterocycles. The van der Waals surface area contributed by atoms with E-state index in [4.69, 9.17) is 0 Å². The van der Waals surface area contributed by atoms with Gasteiger partial charge in [0, 0.05) is 18.5 Å². The number of carbonyl (C=O) groups is 1. The highest BCUT2D eigenvalue weighted by molar-refractivity contribution is 5.76. The Morgan fingerprint density at radius 3 is 2.20 bits per heavy atom. The lowest BCUT2D eigenvalue weighted by Gasteiger charge is -2.31. The zero-order chi connectivity index (χ0) is 15.2. The first-order valence-electron chi connectivity index (χ1n) is 8.35. The second kappa shape index (κ2) is 8.02. The first-order valence-corrected chi connectivity index (χ1v) is 8.35. The van der Waals surface area contributed by atoms with Crippen LogP contribution in [0.2, 0.25) is 0 Å². The van der Waals surface area contributed by atoms with Crippen molar-refractivity contribution >= 4 is 5.91 Å². The minimum Gasteiger partial charge on any atom is -0.353 e. The van der Waals surface area contributed by atoms with E-state index in [9.17, 15) is 4.79 Å². The summed E-state index contributed by atoms with van der Waals surface area (Å²) in [6, 6.07) is 1.06. The molecule has 1 amide bonds. The zero-order valence-corrected chi connectivity index (χ0v) is 14.1. The Labute approximate surface area is 125 Å². The van der Waals surface area contributed by atoms with Crippen LogP contribution in [0.5, 0.6) is 0 Å². The summed E-state index contributed by atoms with van der Waals surface area (Å²) >= 11 is 0. The molecule has 0 aliphatic heterocycles. The lowest BCUT2D eigenvalue weighted by Crippen LogP contribution is -2.43. The van der Waals surface area contributed by atoms with Crippen LogP contribution in [0.3, 0.4) is 0 Å². The van der Waals surface area contributed by atoms with Crippen molar-refractivity contribution in [3.8, 4) is 0 Å². The third-order valence-corrected chi connectivity index (χ3v) is 4.75. The lowest BCUT2D eigenvalue weighted by molar-refractivity contribution is -0.123. The molecule has 1 saturated carbocycles. The highest BCUT2D eigenvalue weighted by Crippen LogP contribution is 2.28. The first-order chi connectivity index (χ1) is 9.32. The van der Waals surface area contributed by atoms with Crippen LogP contribution < -0.4 is 10.6 Å². The molecule has 0 aromatic heterocycles. The summed E-state index contributed by atoms with van der Waals surface area (Å²) in [5.74, 6) is 0.655. The van der Waals surface area contributed by atoms with Crippen molar-refractivity contribution in [2.45, 2.75) is 85.2 Å². The van der Waals surface area contributed by atoms with E-state index in [0.717, 1.165) is 19.4 Å². The van der Waals surface area contributed by atoms with Crippen molar-refractivity contribution in [3.63, 3.8) is 0 Å². The van der Waals surface area contributed by atoms with E-state index in [1.807, 2.05) is 0 Å². The summed E-state index contributed by atoms with van der Waals surface area (Å²) in [5, 5.41) is 6.82. The molecule has 3 nitrogen and oxygen atoms in total. The van der Waals surface area contributed by atoms with Gasteiger partial charge in [-0.1, -0.05) is 34.6 Å². The van der Waals surface area contributed by atoms with E-state index >= 15 is 0 Å². The van der Waals surface area contributed by atoms with Crippen molar-refractivity contribution in [1.29, 1.82) is 0 Å². The van der Waals surface area contributed by atoms with Gasteiger partial charge in [0.2, 0.25) is 5.91 Å². The highest BCUT2D eigenvalue weighted by atomic mass is 16.1. The van der Waals surface area contributed by atoms with Gasteiger partial charge < -0.3 is 10.6 Å². The molecule has 0 spiro atoms. The fraction of sp³-hybridized carbons (Fsp3) is 0.941. The predicted octanol–water partition coefficient (Wildman–Crippen LogP) is 3.49. The summed E-state index contributed by atoms with van der Waals surface area (Å²) in [4.78, 5) is 12.1. The minimum absolute atomic E-state index is 0.207. The number of carbonyl (C=O) groups excluding carboxylic acids is 1. The number of rotatable bonds is 6. The molecule has 1 atom stereocenters. The van der Waals surface area contributed by atoms with Gasteiger partial charge in [0.15, 0.2) is 0 Å². The summed E-state index contributed by atoms with van der Waals surface area (Å²) in [5.41, 5.74) is 0.207. The average Bonchev–Trinajstić information content (AvgIpc) is 2.36. The lowest BCUT2D eigenvalue weighted by atomic mass is 9.80. The van der Waals surface area contributed by atoms with Crippen molar-refractivity contribution < 1.29 is 4.79 Å². The third kappa shape index (κ3) is 6.25. The van der Waals surface area contributed by atoms with Crippen LogP contribution in [0.15, 0.2) is 0 Å². The van der Waals surface area contributed by atoms with Gasteiger partial charge in [0.1, 0.15) is 0 Å². The Bertz CT molecular complexity index is 288. The molecule has 1 rings (SSSR count). The molecule has 0 aromatic rings. The summed E-state index contributed by atoms with van der Waals surface area (Å²) in [6.45, 7) is 12.1. The van der Waals surface area contributed by atoms with E-state index in [1.165, 1.54) is 19.3 Å². The Morgan fingerprint density at radius 1 is 1.15 bits per heavy atom. The predicted molar refractivity (Wildman–Crippen MR) is 85.7 cm³/mol. The molecule has 1 fully saturated rings. The maximum Gasteiger partial charge on any atom is 0.220 e. The number of nitrogens with one attached hydrogen (secondary N) is 2. The fourth-order valence-corrected chi connectivity index (χ4v) is 2.66. The van der Waals surface area contributed by atoms with E-state index in [-0.39, 0.29) is 11.3 Å². The molecule has 3 heteroatoms. The molecule has 1 aliphatic rings. The van der Waals surface area contributed by atoms with Gasteiger partial charge in [-0.25, -0.2) is 0 Å². The van der Waals surface area contributed by atoms with E-state index < -0.39 is 0 Å². The maximum absolute atomic E-state index is 12.1. The van der Waals surface area contributed by atoms with Gasteiger partial charge in [0.25, 0.3) is 0 Å². The van der Waals surface area contributed by atoms with Gasteiger partial charge in [-0.3, -0.25) is 4.79 Å². The molecule has 1 unspecified atom stereocenters. The molecular weight excluding hydrogens is 248 g/mol. The quantitative estimate of drug-likeness (QED) is 0.783. The van der Waals surface area contributed by atoms with Gasteiger partial charge >= 0.3 is 0 Å². The zero-order valence-electron chi connectivity index (χ0n) is 14.1. The van der Waals surface area contributed by atoms with Crippen LogP contribution in [0, 0.1) is 11.3 Å². The monoisotopic (exact) mass is 282 g/mol. The minimum atomic E-state index is 0.207. The Hall–Kier alpha value is -0.570. The maximum atomic E-state index is 12.1. The molecule has 118 valence electrons. The molecule has 0 heterocycles. The first kappa shape index (κ1) is 17.5. The van der Waals surface area contributed by atoms with Crippen molar-refractivity contribution in [3.05, 3.63) is 0 Å². The van der Waals surface area contributed by atoms with E-state index in [0.29, 0.717) is 24.4 Å². The molecule has 0 bridgehead atoms. The van der Waals surface area contributed by atoms with Gasteiger partial charge in [0.05, 0.1) is 0 Å². The standard InChI is InChI=1S/C17H34N2O/c1-6-11-18-14-7-9-15(10-8-14)19-16(20)12-13(2)17(3,4)5/h13-15,18H,6-12H2,1-5H3,(H,19,20). The summed E-state index contributed by atoms with van der Waals surface area (Å²) < 4.78 is 0. The van der Waals surface area contributed by atoms with Crippen molar-refractivity contribution in [1.82, 2.24) is 10.6 Å². The van der Waals surface area contributed by atoms with Gasteiger partial charge in [-0.2, -0.15) is 0 Å². The van der Waals surface area contributed by atoms with Gasteiger partial charge in [-0.15, -0.1) is 0 Å². The average molecular weight is 282 g/mol. The topological polar surface area (TPSA) is 41.1 Å². The van der Waals surface area contributed by atoms with Crippen LogP contribution in [0.1, 0.15) is 73.1 Å². The molecule has 1 aliphatic carbocycles. The van der Waals surface area contributed by atoms with Gasteiger partial charge in [-0.05, 0) is 50.0 Å². The second-order valence-corrected chi connectivity index (χ2v) is 7.54. The normalized spacial score (nSPS) is 25.2. The van der Waals surface area contributed by atoms with E-state index in [2.05, 4.69) is 45.3 Å². The van der Waals surface area contributed by atoms with Crippen LogP contribution in [0.25, 0.3) is 0 Å². The summed E-state index contributed by atoms with van der Waals surface area (Å²) in [7, 11) is 0. The summed E-state index contributed by atoms with van der Waals surface area (Å²) in [6.07, 6.45) is 6.48. The van der Waals surface area contributed by atoms with Crippen molar-refractivity contribution in [2.75, 3.05) is 6.54 Å². The number of hydrogen-bond donors (Lipinski definition) is 2. The van der Waals surface area contributed by atoms with E-state index in [1.54, 1.807) is 0 Å². The fourth-order valence-electron chi connectivity index (χ4n) is 2.66. The number of hydrogen-bond acceptors (Lipinski definition) is 2. The van der Waals surface area contributed by atoms with Crippen LogP contribution in [-0.2, 0) is 4.79 Å². The largest absolute Gasteiger partial charge is 0.353 e. The SMILES string of the molecule is CCCNC1CCC(NC(=O)CC(C)C(C)(C)C)CC1. The van der Waals surface area contributed by atoms with Crippen LogP contribution in [-0.4, -0.2) is 24.5 Å². The molecular formula is C17H34N2O. The number of amides is 1. The third-order valence-electron chi connectivity index (χ3n) is 4.75. The molecule has 2 N–H and O–H groups in total.